The van der Waals surface area contributed by atoms with Crippen molar-refractivity contribution in [3.05, 3.63) is 24.5 Å². The summed E-state index contributed by atoms with van der Waals surface area (Å²) in [5.41, 5.74) is 0. The molecule has 2 atom stereocenters. The Morgan fingerprint density at radius 2 is 2.29 bits per heavy atom. The van der Waals surface area contributed by atoms with E-state index in [9.17, 15) is 8.42 Å². The summed E-state index contributed by atoms with van der Waals surface area (Å²) in [6.45, 7) is 2.34. The molecule has 5 nitrogen and oxygen atoms in total. The lowest BCUT2D eigenvalue weighted by molar-refractivity contribution is 0.382. The first-order chi connectivity index (χ1) is 8.19. The van der Waals surface area contributed by atoms with Crippen LogP contribution in [-0.4, -0.2) is 43.4 Å². The molecule has 92 valence electrons. The molecule has 0 amide bonds. The van der Waals surface area contributed by atoms with Gasteiger partial charge in [0, 0.05) is 31.5 Å². The molecule has 3 heterocycles. The molecule has 0 radical (unpaired) electrons. The average molecular weight is 253 g/mol. The van der Waals surface area contributed by atoms with Gasteiger partial charge in [-0.15, -0.1) is 0 Å². The van der Waals surface area contributed by atoms with E-state index in [0.717, 1.165) is 19.5 Å². The number of hydrogen-bond donors (Lipinski definition) is 1. The fourth-order valence-corrected chi connectivity index (χ4v) is 4.41. The van der Waals surface area contributed by atoms with Crippen LogP contribution >= 0.6 is 0 Å². The molecular weight excluding hydrogens is 238 g/mol. The first-order valence-electron chi connectivity index (χ1n) is 5.82. The summed E-state index contributed by atoms with van der Waals surface area (Å²) >= 11 is 0. The van der Waals surface area contributed by atoms with Crippen LogP contribution in [0, 0.1) is 5.92 Å². The molecular formula is C11H15N3O2S. The van der Waals surface area contributed by atoms with Crippen molar-refractivity contribution in [1.82, 2.24) is 14.6 Å². The van der Waals surface area contributed by atoms with Crippen molar-refractivity contribution < 1.29 is 8.42 Å². The van der Waals surface area contributed by atoms with Gasteiger partial charge in [-0.25, -0.2) is 8.42 Å². The van der Waals surface area contributed by atoms with Crippen LogP contribution in [0.25, 0.3) is 0 Å². The van der Waals surface area contributed by atoms with Crippen LogP contribution in [-0.2, 0) is 10.0 Å². The number of rotatable bonds is 2. The van der Waals surface area contributed by atoms with Crippen LogP contribution < -0.4 is 5.32 Å². The molecule has 0 unspecified atom stereocenters. The van der Waals surface area contributed by atoms with Gasteiger partial charge in [0.2, 0.25) is 10.0 Å². The molecule has 1 N–H and O–H groups in total. The van der Waals surface area contributed by atoms with Crippen LogP contribution in [0.2, 0.25) is 0 Å². The van der Waals surface area contributed by atoms with Gasteiger partial charge in [-0.1, -0.05) is 0 Å². The summed E-state index contributed by atoms with van der Waals surface area (Å²) in [5.74, 6) is 0.474. The summed E-state index contributed by atoms with van der Waals surface area (Å²) in [6.07, 6.45) is 3.96. The van der Waals surface area contributed by atoms with E-state index >= 15 is 0 Å². The number of aromatic nitrogens is 1. The Morgan fingerprint density at radius 1 is 1.41 bits per heavy atom. The topological polar surface area (TPSA) is 62.3 Å². The first kappa shape index (κ1) is 11.1. The van der Waals surface area contributed by atoms with E-state index in [2.05, 4.69) is 10.3 Å². The SMILES string of the molecule is O=S(=O)(c1cccnc1)N1CC[C@@H]2CNC[C@@H]21. The lowest BCUT2D eigenvalue weighted by Gasteiger charge is -2.22. The predicted molar refractivity (Wildman–Crippen MR) is 62.9 cm³/mol. The lowest BCUT2D eigenvalue weighted by Crippen LogP contribution is -2.39. The fraction of sp³-hybridized carbons (Fsp3) is 0.545. The second-order valence-electron chi connectivity index (χ2n) is 4.58. The van der Waals surface area contributed by atoms with E-state index in [1.165, 1.54) is 6.20 Å². The molecule has 2 saturated heterocycles. The Morgan fingerprint density at radius 3 is 3.06 bits per heavy atom. The molecule has 3 rings (SSSR count). The van der Waals surface area contributed by atoms with Crippen LogP contribution in [0.5, 0.6) is 0 Å². The molecule has 0 bridgehead atoms. The quantitative estimate of drug-likeness (QED) is 0.810. The summed E-state index contributed by atoms with van der Waals surface area (Å²) in [6, 6.07) is 3.39. The average Bonchev–Trinajstić information content (AvgIpc) is 2.91. The van der Waals surface area contributed by atoms with Crippen LogP contribution in [0.4, 0.5) is 0 Å². The molecule has 0 saturated carbocycles. The van der Waals surface area contributed by atoms with Crippen molar-refractivity contribution in [1.29, 1.82) is 0 Å². The van der Waals surface area contributed by atoms with Gasteiger partial charge in [0.15, 0.2) is 0 Å². The molecule has 0 aliphatic carbocycles. The van der Waals surface area contributed by atoms with Crippen molar-refractivity contribution in [3.8, 4) is 0 Å². The minimum atomic E-state index is -3.36. The van der Waals surface area contributed by atoms with E-state index in [0.29, 0.717) is 17.4 Å². The molecule has 0 aromatic carbocycles. The zero-order chi connectivity index (χ0) is 11.9. The summed E-state index contributed by atoms with van der Waals surface area (Å²) in [7, 11) is -3.36. The van der Waals surface area contributed by atoms with Crippen LogP contribution in [0.1, 0.15) is 6.42 Å². The fourth-order valence-electron chi connectivity index (χ4n) is 2.74. The maximum Gasteiger partial charge on any atom is 0.244 e. The van der Waals surface area contributed by atoms with Gasteiger partial charge >= 0.3 is 0 Å². The van der Waals surface area contributed by atoms with Crippen LogP contribution in [0.15, 0.2) is 29.4 Å². The molecule has 2 aliphatic rings. The Hall–Kier alpha value is -0.980. The minimum absolute atomic E-state index is 0.125. The largest absolute Gasteiger partial charge is 0.315 e. The summed E-state index contributed by atoms with van der Waals surface area (Å²) in [5, 5.41) is 3.26. The number of sulfonamides is 1. The molecule has 2 fully saturated rings. The first-order valence-corrected chi connectivity index (χ1v) is 7.26. The number of nitrogens with one attached hydrogen (secondary N) is 1. The van der Waals surface area contributed by atoms with Crippen molar-refractivity contribution in [2.75, 3.05) is 19.6 Å². The highest BCUT2D eigenvalue weighted by Crippen LogP contribution is 2.31. The van der Waals surface area contributed by atoms with Gasteiger partial charge in [0.1, 0.15) is 4.90 Å². The normalized spacial score (nSPS) is 29.4. The number of pyridine rings is 1. The van der Waals surface area contributed by atoms with Gasteiger partial charge in [-0.3, -0.25) is 4.98 Å². The van der Waals surface area contributed by atoms with E-state index in [4.69, 9.17) is 0 Å². The Balaban J connectivity index is 1.94. The molecule has 2 aliphatic heterocycles. The smallest absolute Gasteiger partial charge is 0.244 e. The zero-order valence-electron chi connectivity index (χ0n) is 9.41. The van der Waals surface area contributed by atoms with Crippen molar-refractivity contribution in [2.45, 2.75) is 17.4 Å². The second-order valence-corrected chi connectivity index (χ2v) is 6.47. The van der Waals surface area contributed by atoms with Gasteiger partial charge in [0.25, 0.3) is 0 Å². The van der Waals surface area contributed by atoms with Crippen LogP contribution in [0.3, 0.4) is 0 Å². The number of fused-ring (bicyclic) bond motifs is 1. The van der Waals surface area contributed by atoms with Gasteiger partial charge in [-0.2, -0.15) is 4.31 Å². The lowest BCUT2D eigenvalue weighted by atomic mass is 10.1. The third kappa shape index (κ3) is 1.76. The van der Waals surface area contributed by atoms with Gasteiger partial charge in [-0.05, 0) is 31.0 Å². The van der Waals surface area contributed by atoms with Crippen molar-refractivity contribution >= 4 is 10.0 Å². The highest BCUT2D eigenvalue weighted by molar-refractivity contribution is 7.89. The van der Waals surface area contributed by atoms with E-state index in [-0.39, 0.29) is 6.04 Å². The van der Waals surface area contributed by atoms with E-state index < -0.39 is 10.0 Å². The number of hydrogen-bond acceptors (Lipinski definition) is 4. The zero-order valence-corrected chi connectivity index (χ0v) is 10.2. The molecule has 0 spiro atoms. The maximum atomic E-state index is 12.4. The Kier molecular flexibility index (Phi) is 2.65. The third-order valence-corrected chi connectivity index (χ3v) is 5.54. The Bertz CT molecular complexity index is 503. The maximum absolute atomic E-state index is 12.4. The Labute approximate surface area is 101 Å². The third-order valence-electron chi connectivity index (χ3n) is 3.64. The highest BCUT2D eigenvalue weighted by Gasteiger charge is 2.43. The molecule has 1 aromatic rings. The highest BCUT2D eigenvalue weighted by atomic mass is 32.2. The van der Waals surface area contributed by atoms with E-state index in [1.54, 1.807) is 22.6 Å². The number of nitrogens with zero attached hydrogens (tertiary/aromatic N) is 2. The second kappa shape index (κ2) is 4.04. The van der Waals surface area contributed by atoms with E-state index in [1.807, 2.05) is 0 Å². The monoisotopic (exact) mass is 253 g/mol. The molecule has 1 aromatic heterocycles. The summed E-state index contributed by atoms with van der Waals surface area (Å²) in [4.78, 5) is 4.19. The predicted octanol–water partition coefficient (Wildman–Crippen LogP) is 0.0640. The molecule has 17 heavy (non-hydrogen) atoms. The molecule has 6 heteroatoms. The van der Waals surface area contributed by atoms with Gasteiger partial charge in [0.05, 0.1) is 0 Å². The van der Waals surface area contributed by atoms with Crippen molar-refractivity contribution in [2.24, 2.45) is 5.92 Å². The minimum Gasteiger partial charge on any atom is -0.315 e. The van der Waals surface area contributed by atoms with Crippen molar-refractivity contribution in [3.63, 3.8) is 0 Å². The van der Waals surface area contributed by atoms with Gasteiger partial charge < -0.3 is 5.32 Å². The summed E-state index contributed by atoms with van der Waals surface area (Å²) < 4.78 is 26.5. The standard InChI is InChI=1S/C11H15N3O2S/c15-17(16,10-2-1-4-12-7-10)14-5-3-9-6-13-8-11(9)14/h1-2,4,7,9,11,13H,3,5-6,8H2/t9-,11+/m1/s1.